The van der Waals surface area contributed by atoms with Gasteiger partial charge in [-0.15, -0.1) is 10.2 Å². The molecule has 1 heterocycles. The lowest BCUT2D eigenvalue weighted by Gasteiger charge is -2.12. The molecule has 1 aromatic heterocycles. The molecule has 0 saturated carbocycles. The van der Waals surface area contributed by atoms with E-state index in [1.807, 2.05) is 31.2 Å². The van der Waals surface area contributed by atoms with Gasteiger partial charge >= 0.3 is 0 Å². The molecule has 0 radical (unpaired) electrons. The first kappa shape index (κ1) is 20.4. The van der Waals surface area contributed by atoms with Gasteiger partial charge in [-0.25, -0.2) is 0 Å². The zero-order valence-electron chi connectivity index (χ0n) is 16.2. The van der Waals surface area contributed by atoms with Crippen LogP contribution in [0.25, 0.3) is 11.5 Å². The van der Waals surface area contributed by atoms with Crippen LogP contribution in [0.15, 0.2) is 52.1 Å². The summed E-state index contributed by atoms with van der Waals surface area (Å²) in [7, 11) is 1.50. The van der Waals surface area contributed by atoms with Crippen molar-refractivity contribution in [3.8, 4) is 17.2 Å². The highest BCUT2D eigenvalue weighted by molar-refractivity contribution is 7.99. The average molecular weight is 412 g/mol. The fourth-order valence-corrected chi connectivity index (χ4v) is 3.13. The molecule has 2 aromatic carbocycles. The van der Waals surface area contributed by atoms with E-state index in [1.165, 1.54) is 14.0 Å². The largest absolute Gasteiger partial charge is 0.495 e. The van der Waals surface area contributed by atoms with Gasteiger partial charge in [0.1, 0.15) is 5.75 Å². The third kappa shape index (κ3) is 5.58. The highest BCUT2D eigenvalue weighted by atomic mass is 32.2. The minimum absolute atomic E-state index is 0.0724. The summed E-state index contributed by atoms with van der Waals surface area (Å²) in [6.45, 7) is 3.39. The van der Waals surface area contributed by atoms with Crippen molar-refractivity contribution in [1.29, 1.82) is 0 Å². The number of aromatic nitrogens is 2. The summed E-state index contributed by atoms with van der Waals surface area (Å²) >= 11 is 1.13. The number of methoxy groups -OCH3 is 1. The van der Waals surface area contributed by atoms with Gasteiger partial charge in [0.05, 0.1) is 18.6 Å². The van der Waals surface area contributed by atoms with E-state index in [4.69, 9.17) is 9.15 Å². The molecule has 0 aliphatic rings. The van der Waals surface area contributed by atoms with Crippen LogP contribution in [0.4, 0.5) is 11.4 Å². The van der Waals surface area contributed by atoms with Crippen LogP contribution in [-0.2, 0) is 9.59 Å². The van der Waals surface area contributed by atoms with Crippen molar-refractivity contribution in [2.45, 2.75) is 19.1 Å². The normalized spacial score (nSPS) is 10.4. The Morgan fingerprint density at radius 3 is 2.69 bits per heavy atom. The standard InChI is InChI=1S/C20H20N4O4S/c1-12-5-4-6-14(9-12)19-23-24-20(28-19)29-11-18(26)22-16-10-15(21-13(2)25)7-8-17(16)27-3/h4-10H,11H2,1-3H3,(H,21,25)(H,22,26). The lowest BCUT2D eigenvalue weighted by Crippen LogP contribution is -2.15. The second kappa shape index (κ2) is 9.24. The van der Waals surface area contributed by atoms with E-state index in [9.17, 15) is 9.59 Å². The first-order valence-corrected chi connectivity index (χ1v) is 9.72. The van der Waals surface area contributed by atoms with E-state index in [-0.39, 0.29) is 17.6 Å². The third-order valence-corrected chi connectivity index (χ3v) is 4.61. The summed E-state index contributed by atoms with van der Waals surface area (Å²) in [4.78, 5) is 23.6. The number of hydrogen-bond donors (Lipinski definition) is 2. The molecular formula is C20H20N4O4S. The van der Waals surface area contributed by atoms with Crippen molar-refractivity contribution in [2.24, 2.45) is 0 Å². The van der Waals surface area contributed by atoms with Gasteiger partial charge in [0.15, 0.2) is 0 Å². The Labute approximate surface area is 172 Å². The zero-order valence-corrected chi connectivity index (χ0v) is 17.0. The molecule has 2 amide bonds. The van der Waals surface area contributed by atoms with Crippen LogP contribution < -0.4 is 15.4 Å². The summed E-state index contributed by atoms with van der Waals surface area (Å²) in [5.74, 6) is 0.480. The Morgan fingerprint density at radius 2 is 1.97 bits per heavy atom. The molecule has 8 nitrogen and oxygen atoms in total. The van der Waals surface area contributed by atoms with E-state index in [1.54, 1.807) is 18.2 Å². The van der Waals surface area contributed by atoms with Crippen molar-refractivity contribution in [3.63, 3.8) is 0 Å². The highest BCUT2D eigenvalue weighted by Gasteiger charge is 2.13. The molecule has 3 rings (SSSR count). The molecule has 0 unspecified atom stereocenters. The Kier molecular flexibility index (Phi) is 6.50. The van der Waals surface area contributed by atoms with Gasteiger partial charge in [0.25, 0.3) is 5.22 Å². The Balaban J connectivity index is 1.62. The molecule has 3 aromatic rings. The van der Waals surface area contributed by atoms with Gasteiger partial charge < -0.3 is 19.8 Å². The number of thioether (sulfide) groups is 1. The topological polar surface area (TPSA) is 106 Å². The number of rotatable bonds is 7. The second-order valence-electron chi connectivity index (χ2n) is 6.18. The molecule has 0 aliphatic heterocycles. The Bertz CT molecular complexity index is 1030. The van der Waals surface area contributed by atoms with Crippen LogP contribution in [-0.4, -0.2) is 34.9 Å². The molecule has 0 fully saturated rings. The molecule has 2 N–H and O–H groups in total. The summed E-state index contributed by atoms with van der Waals surface area (Å²) in [5, 5.41) is 13.7. The molecule has 0 spiro atoms. The fourth-order valence-electron chi connectivity index (χ4n) is 2.56. The highest BCUT2D eigenvalue weighted by Crippen LogP contribution is 2.29. The van der Waals surface area contributed by atoms with Gasteiger partial charge in [0, 0.05) is 18.2 Å². The number of hydrogen-bond acceptors (Lipinski definition) is 7. The molecule has 0 saturated heterocycles. The predicted molar refractivity (Wildman–Crippen MR) is 111 cm³/mol. The monoisotopic (exact) mass is 412 g/mol. The van der Waals surface area contributed by atoms with E-state index < -0.39 is 0 Å². The minimum Gasteiger partial charge on any atom is -0.495 e. The van der Waals surface area contributed by atoms with Gasteiger partial charge in [-0.2, -0.15) is 0 Å². The number of benzene rings is 2. The average Bonchev–Trinajstić information content (AvgIpc) is 3.15. The SMILES string of the molecule is COc1ccc(NC(C)=O)cc1NC(=O)CSc1nnc(-c2cccc(C)c2)o1. The van der Waals surface area contributed by atoms with E-state index >= 15 is 0 Å². The summed E-state index contributed by atoms with van der Waals surface area (Å²) < 4.78 is 10.9. The maximum Gasteiger partial charge on any atom is 0.277 e. The van der Waals surface area contributed by atoms with Gasteiger partial charge in [-0.3, -0.25) is 9.59 Å². The number of aryl methyl sites for hydroxylation is 1. The van der Waals surface area contributed by atoms with Crippen molar-refractivity contribution in [3.05, 3.63) is 48.0 Å². The number of amides is 2. The first-order valence-electron chi connectivity index (χ1n) is 8.73. The summed E-state index contributed by atoms with van der Waals surface area (Å²) in [6.07, 6.45) is 0. The van der Waals surface area contributed by atoms with Gasteiger partial charge in [-0.05, 0) is 37.3 Å². The molecule has 0 bridgehead atoms. The third-order valence-electron chi connectivity index (χ3n) is 3.79. The number of anilines is 2. The molecular weight excluding hydrogens is 392 g/mol. The van der Waals surface area contributed by atoms with Gasteiger partial charge in [-0.1, -0.05) is 29.5 Å². The summed E-state index contributed by atoms with van der Waals surface area (Å²) in [5.41, 5.74) is 2.93. The lowest BCUT2D eigenvalue weighted by atomic mass is 10.1. The maximum atomic E-state index is 12.3. The zero-order chi connectivity index (χ0) is 20.8. The van der Waals surface area contributed by atoms with Crippen LogP contribution in [0.2, 0.25) is 0 Å². The predicted octanol–water partition coefficient (Wildman–Crippen LogP) is 3.74. The van der Waals surface area contributed by atoms with Crippen LogP contribution >= 0.6 is 11.8 Å². The van der Waals surface area contributed by atoms with Crippen LogP contribution in [0.3, 0.4) is 0 Å². The first-order chi connectivity index (χ1) is 13.9. The van der Waals surface area contributed by atoms with Crippen molar-refractivity contribution < 1.29 is 18.7 Å². The number of carbonyl (C=O) groups is 2. The van der Waals surface area contributed by atoms with Gasteiger partial charge in [0.2, 0.25) is 17.7 Å². The van der Waals surface area contributed by atoms with Crippen LogP contribution in [0.5, 0.6) is 5.75 Å². The van der Waals surface area contributed by atoms with Crippen LogP contribution in [0.1, 0.15) is 12.5 Å². The van der Waals surface area contributed by atoms with Crippen molar-refractivity contribution in [2.75, 3.05) is 23.5 Å². The van der Waals surface area contributed by atoms with Crippen molar-refractivity contribution >= 4 is 35.0 Å². The quantitative estimate of drug-likeness (QED) is 0.569. The van der Waals surface area contributed by atoms with E-state index in [2.05, 4.69) is 20.8 Å². The van der Waals surface area contributed by atoms with Crippen LogP contribution in [0, 0.1) is 6.92 Å². The van der Waals surface area contributed by atoms with Crippen molar-refractivity contribution in [1.82, 2.24) is 10.2 Å². The number of ether oxygens (including phenoxy) is 1. The minimum atomic E-state index is -0.274. The maximum absolute atomic E-state index is 12.3. The smallest absolute Gasteiger partial charge is 0.277 e. The lowest BCUT2D eigenvalue weighted by molar-refractivity contribution is -0.114. The molecule has 9 heteroatoms. The molecule has 0 aliphatic carbocycles. The molecule has 0 atom stereocenters. The Morgan fingerprint density at radius 1 is 1.14 bits per heavy atom. The molecule has 150 valence electrons. The fraction of sp³-hybridized carbons (Fsp3) is 0.200. The number of carbonyl (C=O) groups excluding carboxylic acids is 2. The second-order valence-corrected chi connectivity index (χ2v) is 7.10. The number of nitrogens with one attached hydrogen (secondary N) is 2. The Hall–Kier alpha value is -3.33. The molecule has 29 heavy (non-hydrogen) atoms. The summed E-state index contributed by atoms with van der Waals surface area (Å²) in [6, 6.07) is 12.7. The van der Waals surface area contributed by atoms with E-state index in [0.717, 1.165) is 22.9 Å². The van der Waals surface area contributed by atoms with E-state index in [0.29, 0.717) is 28.2 Å². The number of nitrogens with zero attached hydrogens (tertiary/aromatic N) is 2.